The monoisotopic (exact) mass is 663 g/mol. The third kappa shape index (κ3) is 1230. The van der Waals surface area contributed by atoms with Gasteiger partial charge in [-0.1, -0.05) is 85.1 Å². The maximum atomic E-state index is 5.75. The van der Waals surface area contributed by atoms with E-state index >= 15 is 0 Å². The average molecular weight is 664 g/mol. The summed E-state index contributed by atoms with van der Waals surface area (Å²) in [6.45, 7) is 29.7. The van der Waals surface area contributed by atoms with E-state index in [9.17, 15) is 0 Å². The minimum absolute atomic E-state index is 0. The van der Waals surface area contributed by atoms with Gasteiger partial charge in [0.2, 0.25) is 0 Å². The van der Waals surface area contributed by atoms with E-state index in [4.69, 9.17) is 5.73 Å². The molecule has 26 heavy (non-hydrogen) atoms. The van der Waals surface area contributed by atoms with E-state index in [-0.39, 0.29) is 132 Å². The molecule has 0 aliphatic heterocycles. The molecule has 1 N–H and O–H groups in total. The minimum Gasteiger partial charge on any atom is -0.680 e. The SMILES string of the molecule is C[N-]C.C[NH-].C[Si](C)(C)C.C[Si](C)C.C[Si](C)C.C[Si](C)C.[CH3-].[Y].[Y].[Y]. The van der Waals surface area contributed by atoms with Crippen LogP contribution in [0.3, 0.4) is 0 Å². The normalized spacial score (nSPS) is 7.38. The molecule has 0 aromatic rings. The Kier molecular flexibility index (Phi) is 138. The zero-order valence-corrected chi connectivity index (χ0v) is 34.2. The maximum absolute atomic E-state index is 5.75. The molecule has 0 rings (SSSR count). The first-order chi connectivity index (χ1) is 9.61. The van der Waals surface area contributed by atoms with Gasteiger partial charge in [0.1, 0.15) is 0 Å². The molecule has 0 aromatic heterocycles. The summed E-state index contributed by atoms with van der Waals surface area (Å²) < 4.78 is 0. The Hall–Kier alpha value is 4.10. The number of rotatable bonds is 0. The molecule has 9 heteroatoms. The standard InChI is InChI=1S/C4H12Si.3C3H9Si.C2H6N.CH4N.CH3.3Y/c1-5(2,3)4;3*1-4(2)3;1-3-2;1-2;;;;/h1-4H3;3*1-3H3;1-2H3;2H,1H3;1H3;;;/q;;;;3*-1;;;. The molecule has 0 aromatic carbocycles. The summed E-state index contributed by atoms with van der Waals surface area (Å²) in [7, 11) is 4.50. The van der Waals surface area contributed by atoms with Crippen LogP contribution < -0.4 is 0 Å². The van der Waals surface area contributed by atoms with E-state index in [2.05, 4.69) is 90.4 Å². The van der Waals surface area contributed by atoms with Crippen molar-refractivity contribution in [2.45, 2.75) is 85.1 Å². The fourth-order valence-electron chi connectivity index (χ4n) is 0. The van der Waals surface area contributed by atoms with Crippen LogP contribution in [-0.2, 0) is 98.1 Å². The fraction of sp³-hybridized carbons (Fsp3) is 0.941. The molecule has 0 aliphatic rings. The van der Waals surface area contributed by atoms with Crippen molar-refractivity contribution >= 4 is 34.5 Å². The average Bonchev–Trinajstić information content (AvgIpc) is 2.15. The molecule has 0 heterocycles. The molecule has 0 unspecified atom stereocenters. The fourth-order valence-corrected chi connectivity index (χ4v) is 0. The predicted molar refractivity (Wildman–Crippen MR) is 131 cm³/mol. The Labute approximate surface area is 253 Å². The van der Waals surface area contributed by atoms with E-state index in [1.807, 2.05) is 0 Å². The second-order valence-electron chi connectivity index (χ2n) is 7.95. The van der Waals surface area contributed by atoms with E-state index in [0.717, 1.165) is 0 Å². The summed E-state index contributed by atoms with van der Waals surface area (Å²) in [6, 6.07) is 0. The van der Waals surface area contributed by atoms with Crippen molar-refractivity contribution in [2.24, 2.45) is 0 Å². The van der Waals surface area contributed by atoms with Crippen molar-refractivity contribution in [1.29, 1.82) is 0 Å². The Bertz CT molecular complexity index is 122. The quantitative estimate of drug-likeness (QED) is 0.188. The van der Waals surface area contributed by atoms with E-state index in [1.165, 1.54) is 7.05 Å². The van der Waals surface area contributed by atoms with Crippen molar-refractivity contribution in [2.75, 3.05) is 21.1 Å². The number of hydrogen-bond acceptors (Lipinski definition) is 0. The van der Waals surface area contributed by atoms with Crippen LogP contribution in [-0.4, -0.2) is 55.6 Å². The topological polar surface area (TPSA) is 37.9 Å². The molecule has 0 amide bonds. The summed E-state index contributed by atoms with van der Waals surface area (Å²) in [5.41, 5.74) is 5.75. The Morgan fingerprint density at radius 3 is 0.538 bits per heavy atom. The third-order valence-electron chi connectivity index (χ3n) is 0. The molecular weight excluding hydrogens is 611 g/mol. The second-order valence-corrected chi connectivity index (χ2v) is 22.9. The van der Waals surface area contributed by atoms with Crippen LogP contribution in [0.5, 0.6) is 0 Å². The number of nitrogens with one attached hydrogen (secondary N) is 1. The zero-order valence-electron chi connectivity index (χ0n) is 21.7. The van der Waals surface area contributed by atoms with Gasteiger partial charge < -0.3 is 18.5 Å². The first kappa shape index (κ1) is 63.1. The van der Waals surface area contributed by atoms with Crippen LogP contribution in [0.2, 0.25) is 85.1 Å². The van der Waals surface area contributed by atoms with Crippen molar-refractivity contribution in [3.05, 3.63) is 18.5 Å². The molecule has 2 nitrogen and oxygen atoms in total. The van der Waals surface area contributed by atoms with Gasteiger partial charge in [0.05, 0.1) is 0 Å². The van der Waals surface area contributed by atoms with Gasteiger partial charge in [-0.3, -0.25) is 0 Å². The first-order valence-electron chi connectivity index (χ1n) is 7.89. The van der Waals surface area contributed by atoms with E-state index in [0.29, 0.717) is 0 Å². The largest absolute Gasteiger partial charge is 0.680 e. The van der Waals surface area contributed by atoms with Crippen LogP contribution >= 0.6 is 0 Å². The van der Waals surface area contributed by atoms with Gasteiger partial charge >= 0.3 is 0 Å². The summed E-state index contributed by atoms with van der Waals surface area (Å²) in [6.07, 6.45) is 0. The van der Waals surface area contributed by atoms with Crippen LogP contribution in [0.1, 0.15) is 0 Å². The molecule has 0 saturated carbocycles. The van der Waals surface area contributed by atoms with Crippen LogP contribution in [0.4, 0.5) is 0 Å². The van der Waals surface area contributed by atoms with Gasteiger partial charge in [-0.15, -0.1) is 0 Å². The van der Waals surface area contributed by atoms with E-state index in [1.54, 1.807) is 14.1 Å². The molecule has 6 radical (unpaired) electrons. The number of nitrogens with zero attached hydrogens (tertiary/aromatic N) is 1. The summed E-state index contributed by atoms with van der Waals surface area (Å²) in [4.78, 5) is 0. The molecule has 0 atom stereocenters. The Morgan fingerprint density at radius 2 is 0.538 bits per heavy atom. The molecule has 158 valence electrons. The van der Waals surface area contributed by atoms with Gasteiger partial charge in [-0.25, -0.2) is 0 Å². The van der Waals surface area contributed by atoms with Gasteiger partial charge in [0, 0.05) is 133 Å². The summed E-state index contributed by atoms with van der Waals surface area (Å²) in [5, 5.41) is 3.50. The van der Waals surface area contributed by atoms with Crippen LogP contribution in [0.15, 0.2) is 0 Å². The Morgan fingerprint density at radius 1 is 0.538 bits per heavy atom. The molecule has 0 fully saturated rings. The number of hydrogen-bond donors (Lipinski definition) is 0. The second kappa shape index (κ2) is 56.9. The molecule has 0 saturated heterocycles. The van der Waals surface area contributed by atoms with Gasteiger partial charge in [0.15, 0.2) is 0 Å². The molecule has 0 spiro atoms. The predicted octanol–water partition coefficient (Wildman–Crippen LogP) is 7.80. The first-order valence-corrected chi connectivity index (χ1v) is 20.9. The smallest absolute Gasteiger partial charge is 0.0411 e. The van der Waals surface area contributed by atoms with Crippen LogP contribution in [0, 0.1) is 7.43 Å². The zero-order chi connectivity index (χ0) is 19.9. The Balaban J connectivity index is -0.0000000146. The van der Waals surface area contributed by atoms with Crippen molar-refractivity contribution < 1.29 is 98.1 Å². The van der Waals surface area contributed by atoms with Crippen LogP contribution in [0.25, 0.3) is 11.1 Å². The molecular formula is C17H52N2Si4Y3-3. The van der Waals surface area contributed by atoms with Gasteiger partial charge in [0.25, 0.3) is 0 Å². The van der Waals surface area contributed by atoms with Crippen molar-refractivity contribution in [1.82, 2.24) is 0 Å². The molecule has 0 bridgehead atoms. The summed E-state index contributed by atoms with van der Waals surface area (Å²) >= 11 is 0. The van der Waals surface area contributed by atoms with Gasteiger partial charge in [-0.2, -0.15) is 21.1 Å². The van der Waals surface area contributed by atoms with E-state index < -0.39 is 8.07 Å². The minimum atomic E-state index is -0.611. The van der Waals surface area contributed by atoms with Gasteiger partial charge in [-0.05, 0) is 0 Å². The maximum Gasteiger partial charge on any atom is 0.0411 e. The van der Waals surface area contributed by atoms with Crippen molar-refractivity contribution in [3.8, 4) is 0 Å². The summed E-state index contributed by atoms with van der Waals surface area (Å²) in [5.74, 6) is 0. The van der Waals surface area contributed by atoms with Crippen molar-refractivity contribution in [3.63, 3.8) is 0 Å². The molecule has 0 aliphatic carbocycles. The third-order valence-corrected chi connectivity index (χ3v) is 0.